The molecular weight excluding hydrogens is 476 g/mol. The van der Waals surface area contributed by atoms with Gasteiger partial charge in [0.15, 0.2) is 6.10 Å². The number of methoxy groups -OCH3 is 1. The highest BCUT2D eigenvalue weighted by Crippen LogP contribution is 2.49. The number of aryl methyl sites for hydroxylation is 1. The van der Waals surface area contributed by atoms with Gasteiger partial charge in [0.2, 0.25) is 5.91 Å². The van der Waals surface area contributed by atoms with E-state index in [2.05, 4.69) is 0 Å². The number of fused-ring (bicyclic) bond motifs is 1. The van der Waals surface area contributed by atoms with Crippen LogP contribution in [0.25, 0.3) is 0 Å². The second-order valence-electron chi connectivity index (χ2n) is 8.18. The van der Waals surface area contributed by atoms with Crippen molar-refractivity contribution in [3.05, 3.63) is 81.2 Å². The first-order valence-electron chi connectivity index (χ1n) is 10.7. The highest BCUT2D eigenvalue weighted by atomic mass is 35.5. The number of imide groups is 1. The number of nitrogens with zero attached hydrogens (tertiary/aromatic N) is 2. The van der Waals surface area contributed by atoms with E-state index >= 15 is 0 Å². The minimum atomic E-state index is -1.03. The van der Waals surface area contributed by atoms with Gasteiger partial charge in [-0.15, -0.1) is 11.3 Å². The zero-order valence-electron chi connectivity index (χ0n) is 18.7. The maximum Gasteiger partial charge on any atom is 0.341 e. The summed E-state index contributed by atoms with van der Waals surface area (Å²) in [5, 5.41) is 2.46. The Balaban J connectivity index is 1.60. The molecule has 174 valence electrons. The Hall–Kier alpha value is -3.20. The third-order valence-electron chi connectivity index (χ3n) is 6.30. The van der Waals surface area contributed by atoms with Crippen molar-refractivity contribution in [2.45, 2.75) is 26.0 Å². The number of hydroxylamine groups is 1. The first kappa shape index (κ1) is 22.6. The molecule has 7 nitrogen and oxygen atoms in total. The first-order valence-corrected chi connectivity index (χ1v) is 11.9. The summed E-state index contributed by atoms with van der Waals surface area (Å²) in [5.41, 5.74) is 2.43. The largest absolute Gasteiger partial charge is 0.465 e. The summed E-state index contributed by atoms with van der Waals surface area (Å²) in [4.78, 5) is 48.0. The maximum absolute atomic E-state index is 13.8. The van der Waals surface area contributed by atoms with E-state index in [4.69, 9.17) is 21.2 Å². The monoisotopic (exact) mass is 496 g/mol. The summed E-state index contributed by atoms with van der Waals surface area (Å²) in [6.07, 6.45) is -1.03. The van der Waals surface area contributed by atoms with Crippen LogP contribution in [0, 0.1) is 19.8 Å². The molecule has 0 radical (unpaired) electrons. The number of carbonyl (C=O) groups is 3. The van der Waals surface area contributed by atoms with Gasteiger partial charge in [0.1, 0.15) is 10.9 Å². The van der Waals surface area contributed by atoms with E-state index in [9.17, 15) is 14.4 Å². The van der Waals surface area contributed by atoms with Crippen LogP contribution in [0.4, 0.5) is 10.7 Å². The van der Waals surface area contributed by atoms with Crippen molar-refractivity contribution in [1.82, 2.24) is 0 Å². The van der Waals surface area contributed by atoms with Crippen molar-refractivity contribution >= 4 is 51.4 Å². The summed E-state index contributed by atoms with van der Waals surface area (Å²) in [6.45, 7) is 3.62. The predicted octanol–water partition coefficient (Wildman–Crippen LogP) is 4.86. The van der Waals surface area contributed by atoms with Gasteiger partial charge < -0.3 is 4.74 Å². The van der Waals surface area contributed by atoms with Crippen LogP contribution < -0.4 is 9.96 Å². The number of amides is 2. The van der Waals surface area contributed by atoms with Crippen molar-refractivity contribution in [3.8, 4) is 0 Å². The van der Waals surface area contributed by atoms with Gasteiger partial charge in [0, 0.05) is 9.90 Å². The van der Waals surface area contributed by atoms with Crippen LogP contribution in [0.2, 0.25) is 5.02 Å². The Morgan fingerprint density at radius 1 is 1.03 bits per heavy atom. The smallest absolute Gasteiger partial charge is 0.341 e. The lowest BCUT2D eigenvalue weighted by atomic mass is 9.90. The molecule has 2 fully saturated rings. The van der Waals surface area contributed by atoms with E-state index < -0.39 is 35.8 Å². The zero-order valence-corrected chi connectivity index (χ0v) is 20.2. The fourth-order valence-corrected chi connectivity index (χ4v) is 5.81. The molecule has 2 saturated heterocycles. The Labute approximate surface area is 205 Å². The second kappa shape index (κ2) is 8.54. The van der Waals surface area contributed by atoms with Crippen LogP contribution in [-0.4, -0.2) is 31.0 Å². The molecule has 3 atom stereocenters. The third kappa shape index (κ3) is 3.41. The number of anilines is 2. The van der Waals surface area contributed by atoms with Crippen LogP contribution in [0.3, 0.4) is 0 Å². The summed E-state index contributed by atoms with van der Waals surface area (Å²) in [5.74, 6) is -2.29. The minimum Gasteiger partial charge on any atom is -0.465 e. The standard InChI is InChI=1S/C25H21ClN2O5S/c1-13-14(2)34-24(18(13)25(31)32-3)27-22(29)19-20(15-7-5-4-6-8-15)28(33-21(19)23(27)30)17-11-9-16(26)10-12-17/h4-12,19-21H,1-3H3/t19-,20-,21-/m0/s1. The molecule has 0 spiro atoms. The van der Waals surface area contributed by atoms with E-state index in [-0.39, 0.29) is 10.6 Å². The molecular formula is C25H21ClN2O5S. The molecule has 2 amide bonds. The molecule has 0 bridgehead atoms. The van der Waals surface area contributed by atoms with Crippen LogP contribution in [0.15, 0.2) is 54.6 Å². The molecule has 2 aromatic carbocycles. The van der Waals surface area contributed by atoms with E-state index in [1.807, 2.05) is 37.3 Å². The van der Waals surface area contributed by atoms with Crippen LogP contribution in [0.5, 0.6) is 0 Å². The van der Waals surface area contributed by atoms with Crippen LogP contribution in [0.1, 0.15) is 32.4 Å². The number of hydrogen-bond donors (Lipinski definition) is 0. The molecule has 3 heterocycles. The fraction of sp³-hybridized carbons (Fsp3) is 0.240. The molecule has 0 N–H and O–H groups in total. The van der Waals surface area contributed by atoms with Gasteiger partial charge in [-0.2, -0.15) is 0 Å². The number of thiophene rings is 1. The molecule has 2 aliphatic rings. The third-order valence-corrected chi connectivity index (χ3v) is 7.74. The molecule has 9 heteroatoms. The van der Waals surface area contributed by atoms with Crippen molar-refractivity contribution in [2.24, 2.45) is 5.92 Å². The molecule has 0 saturated carbocycles. The molecule has 0 aliphatic carbocycles. The van der Waals surface area contributed by atoms with Gasteiger partial charge in [0.05, 0.1) is 24.4 Å². The first-order chi connectivity index (χ1) is 16.3. The second-order valence-corrected chi connectivity index (χ2v) is 9.82. The van der Waals surface area contributed by atoms with Gasteiger partial charge in [-0.3, -0.25) is 14.4 Å². The van der Waals surface area contributed by atoms with Crippen molar-refractivity contribution < 1.29 is 24.0 Å². The zero-order chi connectivity index (χ0) is 24.1. The maximum atomic E-state index is 13.8. The molecule has 34 heavy (non-hydrogen) atoms. The Morgan fingerprint density at radius 3 is 2.35 bits per heavy atom. The summed E-state index contributed by atoms with van der Waals surface area (Å²) >= 11 is 7.28. The average molecular weight is 497 g/mol. The lowest BCUT2D eigenvalue weighted by Crippen LogP contribution is -2.37. The van der Waals surface area contributed by atoms with Crippen molar-refractivity contribution in [3.63, 3.8) is 0 Å². The molecule has 1 aromatic heterocycles. The number of carbonyl (C=O) groups excluding carboxylic acids is 3. The van der Waals surface area contributed by atoms with E-state index in [1.165, 1.54) is 18.4 Å². The number of hydrogen-bond acceptors (Lipinski definition) is 7. The fourth-order valence-electron chi connectivity index (χ4n) is 4.52. The van der Waals surface area contributed by atoms with Gasteiger partial charge in [-0.25, -0.2) is 14.8 Å². The highest BCUT2D eigenvalue weighted by molar-refractivity contribution is 7.17. The highest BCUT2D eigenvalue weighted by Gasteiger charge is 2.61. The lowest BCUT2D eigenvalue weighted by molar-refractivity contribution is -0.126. The predicted molar refractivity (Wildman–Crippen MR) is 129 cm³/mol. The minimum absolute atomic E-state index is 0.234. The number of benzene rings is 2. The number of esters is 1. The Bertz CT molecular complexity index is 1290. The molecule has 2 aliphatic heterocycles. The van der Waals surface area contributed by atoms with E-state index in [1.54, 1.807) is 36.3 Å². The Morgan fingerprint density at radius 2 is 1.71 bits per heavy atom. The average Bonchev–Trinajstić information content (AvgIpc) is 3.45. The molecule has 5 rings (SSSR count). The van der Waals surface area contributed by atoms with Gasteiger partial charge in [-0.1, -0.05) is 41.9 Å². The molecule has 0 unspecified atom stereocenters. The topological polar surface area (TPSA) is 76.2 Å². The lowest BCUT2D eigenvalue weighted by Gasteiger charge is -2.28. The quantitative estimate of drug-likeness (QED) is 0.379. The Kier molecular flexibility index (Phi) is 5.67. The number of ether oxygens (including phenoxy) is 1. The van der Waals surface area contributed by atoms with Gasteiger partial charge in [0.25, 0.3) is 5.91 Å². The normalized spacial score (nSPS) is 21.8. The SMILES string of the molecule is COC(=O)c1c(N2C(=O)[C@@H]3[C@H](ON(c4ccc(Cl)cc4)[C@H]3c3ccccc3)C2=O)sc(C)c1C. The van der Waals surface area contributed by atoms with Crippen molar-refractivity contribution in [1.29, 1.82) is 0 Å². The summed E-state index contributed by atoms with van der Waals surface area (Å²) in [6, 6.07) is 15.9. The number of rotatable bonds is 4. The number of halogens is 1. The molecule has 3 aromatic rings. The van der Waals surface area contributed by atoms with Crippen LogP contribution in [-0.2, 0) is 19.2 Å². The van der Waals surface area contributed by atoms with Crippen LogP contribution >= 0.6 is 22.9 Å². The van der Waals surface area contributed by atoms with E-state index in [0.29, 0.717) is 16.3 Å². The summed E-state index contributed by atoms with van der Waals surface area (Å²) in [7, 11) is 1.28. The van der Waals surface area contributed by atoms with E-state index in [0.717, 1.165) is 15.3 Å². The van der Waals surface area contributed by atoms with Gasteiger partial charge >= 0.3 is 5.97 Å². The van der Waals surface area contributed by atoms with Gasteiger partial charge in [-0.05, 0) is 49.2 Å². The summed E-state index contributed by atoms with van der Waals surface area (Å²) < 4.78 is 4.94. The van der Waals surface area contributed by atoms with Crippen molar-refractivity contribution in [2.75, 3.05) is 17.1 Å².